The first-order valence-corrected chi connectivity index (χ1v) is 43.2. The van der Waals surface area contributed by atoms with E-state index in [2.05, 4.69) is 290 Å². The van der Waals surface area contributed by atoms with E-state index in [1.807, 2.05) is 134 Å². The Balaban J connectivity index is 0.000000109. The highest BCUT2D eigenvalue weighted by molar-refractivity contribution is 6.13. The number of para-hydroxylation sites is 3. The van der Waals surface area contributed by atoms with Gasteiger partial charge in [-0.1, -0.05) is 309 Å². The van der Waals surface area contributed by atoms with Gasteiger partial charge >= 0.3 is 0 Å². The number of amidine groups is 1. The van der Waals surface area contributed by atoms with Gasteiger partial charge in [0.05, 0.1) is 17.1 Å². The Kier molecular flexibility index (Phi) is 19.5. The number of rotatable bonds is 12. The molecule has 0 saturated heterocycles. The van der Waals surface area contributed by atoms with Crippen LogP contribution >= 0.6 is 0 Å². The van der Waals surface area contributed by atoms with Crippen LogP contribution in [0.15, 0.2) is 418 Å². The first kappa shape index (κ1) is 75.6. The van der Waals surface area contributed by atoms with Crippen molar-refractivity contribution in [3.8, 4) is 147 Å². The number of nitrogens with zero attached hydrogens (tertiary/aromatic N) is 7. The zero-order valence-corrected chi connectivity index (χ0v) is 69.0. The van der Waals surface area contributed by atoms with Crippen LogP contribution in [0.1, 0.15) is 65.6 Å². The number of hydrogen-bond donors (Lipinski definition) is 2. The second-order valence-electron chi connectivity index (χ2n) is 32.4. The van der Waals surface area contributed by atoms with E-state index in [1.54, 1.807) is 0 Å². The Labute approximate surface area is 734 Å². The molecule has 6 aliphatic rings. The van der Waals surface area contributed by atoms with Crippen molar-refractivity contribution < 1.29 is 14.2 Å². The van der Waals surface area contributed by atoms with Gasteiger partial charge < -0.3 is 19.5 Å². The molecule has 12 nitrogen and oxygen atoms in total. The van der Waals surface area contributed by atoms with Crippen LogP contribution in [-0.2, 0) is 0 Å². The van der Waals surface area contributed by atoms with Crippen molar-refractivity contribution in [3.63, 3.8) is 0 Å². The third-order valence-electron chi connectivity index (χ3n) is 24.6. The van der Waals surface area contributed by atoms with Crippen LogP contribution < -0.4 is 24.8 Å². The van der Waals surface area contributed by atoms with Crippen molar-refractivity contribution in [3.05, 3.63) is 441 Å². The van der Waals surface area contributed by atoms with Gasteiger partial charge in [0.25, 0.3) is 0 Å². The van der Waals surface area contributed by atoms with Gasteiger partial charge in [-0.15, -0.1) is 0 Å². The molecule has 0 fully saturated rings. The minimum atomic E-state index is -0.278. The number of benzene rings is 15. The maximum atomic E-state index is 6.36. The zero-order chi connectivity index (χ0) is 84.1. The third kappa shape index (κ3) is 14.5. The van der Waals surface area contributed by atoms with Crippen LogP contribution in [0.3, 0.4) is 0 Å². The predicted octanol–water partition coefficient (Wildman–Crippen LogP) is 28.7. The lowest BCUT2D eigenvalue weighted by Crippen LogP contribution is -2.44. The third-order valence-corrected chi connectivity index (χ3v) is 24.6. The quantitative estimate of drug-likeness (QED) is 0.121. The molecule has 25 rings (SSSR count). The molecule has 8 heterocycles. The minimum Gasteiger partial charge on any atom is -0.456 e. The lowest BCUT2D eigenvalue weighted by molar-refractivity contribution is 0.408. The van der Waals surface area contributed by atoms with Crippen LogP contribution in [0, 0.1) is 0 Å². The highest BCUT2D eigenvalue weighted by Gasteiger charge is 2.30. The monoisotopic (exact) mass is 1630 g/mol. The molecule has 15 aromatic carbocycles. The average molecular weight is 1630 g/mol. The van der Waals surface area contributed by atoms with Gasteiger partial charge in [0, 0.05) is 95.7 Å². The summed E-state index contributed by atoms with van der Waals surface area (Å²) >= 11 is 0. The first-order chi connectivity index (χ1) is 62.9. The summed E-state index contributed by atoms with van der Waals surface area (Å²) in [5.74, 6) is 8.37. The zero-order valence-electron chi connectivity index (χ0n) is 69.0. The number of pyridine rings is 3. The summed E-state index contributed by atoms with van der Waals surface area (Å²) < 4.78 is 19.0. The summed E-state index contributed by atoms with van der Waals surface area (Å²) in [5, 5.41) is 16.5. The standard InChI is InChI=1S/C43H29NO.C36H24N4O.C36H26N4O/c1-3-10-28(11-4-1)34-26-39(30-12-5-2-6-13-30)44-40(27-34)32-21-19-29-18-20-31(24-33(29)25-32)35-22-23-42-43-37(35)15-9-16-38(43)36-14-7-8-17-41(36)45-42;1-3-11-23(12-4-1)34-38-35(24-13-5-2-6-14-24)40-36(39-34)30-19-10-18-29(37-30)25-21-22-32-33-27(25)16-9-17-28(33)26-15-7-8-20-31(26)41-32;1-3-10-23(11-4-1)34-38-35(24-12-5-2-6-13-24)40-36(39-34)26-20-25(21-37-22-26)27-18-19-32-33-29(27)15-9-16-30(33)28-14-7-8-17-31(28)41-32/h1-10,12-28H,11H2;1,3-5,7-22H,2,6H2;1-22,34,36,39H,(H,38,40). The molecule has 0 bridgehead atoms. The van der Waals surface area contributed by atoms with Gasteiger partial charge in [0.15, 0.2) is 17.5 Å². The molecule has 19 aromatic rings. The molecule has 2 N–H and O–H groups in total. The number of aliphatic imine (C=N–C) groups is 1. The Morgan fingerprint density at radius 3 is 1.43 bits per heavy atom. The van der Waals surface area contributed by atoms with Gasteiger partial charge in [-0.3, -0.25) is 10.3 Å². The molecule has 3 unspecified atom stereocenters. The van der Waals surface area contributed by atoms with Crippen LogP contribution in [0.5, 0.6) is 34.5 Å². The molecule has 4 aromatic heterocycles. The van der Waals surface area contributed by atoms with E-state index in [0.29, 0.717) is 29.1 Å². The smallest absolute Gasteiger partial charge is 0.182 e. The van der Waals surface area contributed by atoms with Crippen LogP contribution in [0.4, 0.5) is 0 Å². The normalized spacial score (nSPS) is 15.1. The lowest BCUT2D eigenvalue weighted by Gasteiger charge is -2.32. The van der Waals surface area contributed by atoms with Gasteiger partial charge in [-0.25, -0.2) is 29.9 Å². The van der Waals surface area contributed by atoms with Crippen molar-refractivity contribution in [1.82, 2.24) is 40.5 Å². The van der Waals surface area contributed by atoms with Crippen LogP contribution in [-0.4, -0.2) is 35.7 Å². The molecule has 602 valence electrons. The summed E-state index contributed by atoms with van der Waals surface area (Å²) in [7, 11) is 0. The first-order valence-electron chi connectivity index (χ1n) is 43.2. The Morgan fingerprint density at radius 2 is 0.811 bits per heavy atom. The topological polar surface area (TPSA) is 141 Å². The van der Waals surface area contributed by atoms with Crippen LogP contribution in [0.2, 0.25) is 0 Å². The predicted molar refractivity (Wildman–Crippen MR) is 514 cm³/mol. The Hall–Kier alpha value is -16.4. The average Bonchev–Trinajstić information content (AvgIpc) is 0.745. The van der Waals surface area contributed by atoms with E-state index < -0.39 is 0 Å². The molecule has 0 spiro atoms. The van der Waals surface area contributed by atoms with Gasteiger partial charge in [0.2, 0.25) is 0 Å². The summed E-state index contributed by atoms with van der Waals surface area (Å²) in [6.07, 6.45) is 21.7. The Morgan fingerprint density at radius 1 is 0.299 bits per heavy atom. The maximum Gasteiger partial charge on any atom is 0.182 e. The van der Waals surface area contributed by atoms with Crippen LogP contribution in [0.25, 0.3) is 161 Å². The number of nitrogens with one attached hydrogen (secondary N) is 2. The highest BCUT2D eigenvalue weighted by Crippen LogP contribution is 2.53. The van der Waals surface area contributed by atoms with Crippen molar-refractivity contribution in [2.75, 3.05) is 0 Å². The van der Waals surface area contributed by atoms with Gasteiger partial charge in [0.1, 0.15) is 58.4 Å². The molecule has 12 heteroatoms. The van der Waals surface area contributed by atoms with Crippen molar-refractivity contribution in [2.24, 2.45) is 4.99 Å². The fourth-order valence-electron chi connectivity index (χ4n) is 18.4. The number of fused-ring (bicyclic) bond motifs is 7. The number of hydrogen-bond acceptors (Lipinski definition) is 12. The Bertz CT molecular complexity index is 7740. The minimum absolute atomic E-state index is 0.102. The maximum absolute atomic E-state index is 6.36. The summed E-state index contributed by atoms with van der Waals surface area (Å²) in [5.41, 5.74) is 24.8. The van der Waals surface area contributed by atoms with E-state index in [4.69, 9.17) is 49.1 Å². The number of aromatic nitrogens is 6. The van der Waals surface area contributed by atoms with E-state index in [-0.39, 0.29) is 12.3 Å². The molecule has 0 radical (unpaired) electrons. The van der Waals surface area contributed by atoms with E-state index in [9.17, 15) is 0 Å². The largest absolute Gasteiger partial charge is 0.456 e. The number of ether oxygens (including phenoxy) is 3. The SMILES string of the molecule is C1=CC(c2nc(-c3ccccc3)nc(-c3cccc(-c4ccc5c6c(cccc46)-c4ccccc4O5)n3)n2)=CCC1.C1=CCC(c2cc(-c3ccccc3)nc(-c3ccc4ccc(-c5ccc6c7c(cccc57)-c5ccccc5O6)cc4c3)c2)C=C1.c1ccc(C2=NC(c3cncc(-c4ccc5c6c(cccc46)-c4ccccc4O5)c3)NC(c3ccccc3)N2)cc1. The molecule has 3 atom stereocenters. The second kappa shape index (κ2) is 32.8. The molecular weight excluding hydrogens is 1560 g/mol. The summed E-state index contributed by atoms with van der Waals surface area (Å²) in [6.45, 7) is 0. The van der Waals surface area contributed by atoms with Gasteiger partial charge in [-0.05, 0) is 182 Å². The summed E-state index contributed by atoms with van der Waals surface area (Å²) in [6, 6.07) is 124. The van der Waals surface area contributed by atoms with Crippen molar-refractivity contribution >= 4 is 54.5 Å². The van der Waals surface area contributed by atoms with Crippen molar-refractivity contribution in [2.45, 2.75) is 37.5 Å². The van der Waals surface area contributed by atoms with E-state index in [0.717, 1.165) is 171 Å². The fraction of sp³-hybridized carbons (Fsp3) is 0.0522. The number of allylic oxidation sites excluding steroid dienone is 8. The molecule has 4 aliphatic heterocycles. The lowest BCUT2D eigenvalue weighted by atomic mass is 9.89. The molecule has 2 aliphatic carbocycles. The molecular formula is C115H79N9O3. The molecule has 0 amide bonds. The van der Waals surface area contributed by atoms with Crippen molar-refractivity contribution in [1.29, 1.82) is 0 Å². The van der Waals surface area contributed by atoms with E-state index >= 15 is 0 Å². The second-order valence-corrected chi connectivity index (χ2v) is 32.4. The molecule has 0 saturated carbocycles. The highest BCUT2D eigenvalue weighted by atomic mass is 16.5. The molecule has 127 heavy (non-hydrogen) atoms. The summed E-state index contributed by atoms with van der Waals surface area (Å²) in [4.78, 5) is 34.7. The van der Waals surface area contributed by atoms with Gasteiger partial charge in [-0.2, -0.15) is 0 Å². The van der Waals surface area contributed by atoms with E-state index in [1.165, 1.54) is 54.9 Å². The fourth-order valence-corrected chi connectivity index (χ4v) is 18.4.